The van der Waals surface area contributed by atoms with Gasteiger partial charge >= 0.3 is 0 Å². The summed E-state index contributed by atoms with van der Waals surface area (Å²) in [6.45, 7) is 9.06. The Morgan fingerprint density at radius 3 is 2.60 bits per heavy atom. The van der Waals surface area contributed by atoms with E-state index in [1.165, 1.54) is 38.9 Å². The first-order valence-electron chi connectivity index (χ1n) is 6.44. The Balaban J connectivity index is 1.91. The molecule has 0 saturated carbocycles. The van der Waals surface area contributed by atoms with E-state index in [4.69, 9.17) is 4.74 Å². The molecule has 0 bridgehead atoms. The van der Waals surface area contributed by atoms with E-state index in [0.717, 1.165) is 12.6 Å². The number of hydrogen-bond acceptors (Lipinski definition) is 1. The molecule has 0 amide bonds. The third kappa shape index (κ3) is 6.13. The first-order valence-corrected chi connectivity index (χ1v) is 6.44. The molecular weight excluding hydrogens is 188 g/mol. The smallest absolute Gasteiger partial charge is 0.0967 e. The van der Waals surface area contributed by atoms with Crippen molar-refractivity contribution in [3.05, 3.63) is 0 Å². The van der Waals surface area contributed by atoms with Gasteiger partial charge in [0, 0.05) is 19.3 Å². The highest BCUT2D eigenvalue weighted by Gasteiger charge is 2.20. The van der Waals surface area contributed by atoms with Crippen LogP contribution in [0.25, 0.3) is 0 Å². The number of piperidine rings is 1. The molecule has 3 nitrogen and oxygen atoms in total. The molecule has 90 valence electrons. The largest absolute Gasteiger partial charge is 0.379 e. The lowest BCUT2D eigenvalue weighted by Crippen LogP contribution is -3.12. The number of hydrogen-bond donors (Lipinski definition) is 2. The number of rotatable bonds is 6. The highest BCUT2D eigenvalue weighted by Crippen LogP contribution is 1.93. The van der Waals surface area contributed by atoms with E-state index in [-0.39, 0.29) is 0 Å². The highest BCUT2D eigenvalue weighted by molar-refractivity contribution is 4.56. The Hall–Kier alpha value is -0.120. The Morgan fingerprint density at radius 1 is 1.33 bits per heavy atom. The van der Waals surface area contributed by atoms with Gasteiger partial charge in [-0.15, -0.1) is 0 Å². The fraction of sp³-hybridized carbons (Fsp3) is 1.00. The monoisotopic (exact) mass is 216 g/mol. The van der Waals surface area contributed by atoms with Gasteiger partial charge in [0.25, 0.3) is 0 Å². The summed E-state index contributed by atoms with van der Waals surface area (Å²) in [5.74, 6) is 0. The van der Waals surface area contributed by atoms with Crippen molar-refractivity contribution in [2.75, 3.05) is 33.3 Å². The van der Waals surface area contributed by atoms with Gasteiger partial charge in [0.1, 0.15) is 0 Å². The SMILES string of the molecule is CC(C)OCCC[NH2+]C1CC[NH+](C)CC1. The van der Waals surface area contributed by atoms with Crippen LogP contribution in [0.5, 0.6) is 0 Å². The minimum atomic E-state index is 0.386. The molecule has 3 N–H and O–H groups in total. The van der Waals surface area contributed by atoms with Gasteiger partial charge in [-0.05, 0) is 13.8 Å². The zero-order valence-electron chi connectivity index (χ0n) is 10.6. The number of nitrogens with one attached hydrogen (secondary N) is 1. The van der Waals surface area contributed by atoms with Crippen molar-refractivity contribution in [2.24, 2.45) is 0 Å². The third-order valence-corrected chi connectivity index (χ3v) is 3.18. The van der Waals surface area contributed by atoms with Gasteiger partial charge in [-0.25, -0.2) is 0 Å². The van der Waals surface area contributed by atoms with Crippen LogP contribution in [-0.4, -0.2) is 45.4 Å². The molecule has 1 fully saturated rings. The number of quaternary nitrogens is 2. The molecule has 0 unspecified atom stereocenters. The van der Waals surface area contributed by atoms with E-state index < -0.39 is 0 Å². The molecule has 3 heteroatoms. The van der Waals surface area contributed by atoms with Gasteiger partial charge in [-0.3, -0.25) is 0 Å². The topological polar surface area (TPSA) is 30.3 Å². The van der Waals surface area contributed by atoms with Crippen LogP contribution in [0.3, 0.4) is 0 Å². The molecule has 0 aromatic carbocycles. The minimum absolute atomic E-state index is 0.386. The lowest BCUT2D eigenvalue weighted by molar-refractivity contribution is -0.894. The van der Waals surface area contributed by atoms with Crippen molar-refractivity contribution in [2.45, 2.75) is 45.3 Å². The van der Waals surface area contributed by atoms with Crippen molar-refractivity contribution in [1.82, 2.24) is 0 Å². The van der Waals surface area contributed by atoms with Gasteiger partial charge in [0.15, 0.2) is 0 Å². The minimum Gasteiger partial charge on any atom is -0.379 e. The Kier molecular flexibility index (Phi) is 6.22. The second-order valence-corrected chi connectivity index (χ2v) is 5.09. The summed E-state index contributed by atoms with van der Waals surface area (Å²) in [4.78, 5) is 1.70. The van der Waals surface area contributed by atoms with Crippen LogP contribution < -0.4 is 10.2 Å². The summed E-state index contributed by atoms with van der Waals surface area (Å²) >= 11 is 0. The molecule has 0 radical (unpaired) electrons. The molecule has 1 aliphatic rings. The van der Waals surface area contributed by atoms with Gasteiger partial charge < -0.3 is 15.0 Å². The predicted octanol–water partition coefficient (Wildman–Crippen LogP) is -0.958. The number of likely N-dealkylation sites (tertiary alicyclic amines) is 1. The van der Waals surface area contributed by atoms with Crippen molar-refractivity contribution in [1.29, 1.82) is 0 Å². The van der Waals surface area contributed by atoms with E-state index in [0.29, 0.717) is 6.10 Å². The summed E-state index contributed by atoms with van der Waals surface area (Å²) in [6.07, 6.45) is 4.35. The zero-order valence-corrected chi connectivity index (χ0v) is 10.6. The molecular formula is C12H28N2O+2. The molecule has 1 rings (SSSR count). The molecule has 1 aliphatic heterocycles. The summed E-state index contributed by atoms with van der Waals surface area (Å²) in [7, 11) is 2.30. The van der Waals surface area contributed by atoms with Crippen LogP contribution in [0.1, 0.15) is 33.1 Å². The van der Waals surface area contributed by atoms with Gasteiger partial charge in [0.2, 0.25) is 0 Å². The van der Waals surface area contributed by atoms with Crippen LogP contribution in [0.2, 0.25) is 0 Å². The Labute approximate surface area is 94.2 Å². The van der Waals surface area contributed by atoms with Crippen LogP contribution in [0, 0.1) is 0 Å². The van der Waals surface area contributed by atoms with Crippen molar-refractivity contribution in [3.8, 4) is 0 Å². The van der Waals surface area contributed by atoms with Crippen LogP contribution in [-0.2, 0) is 4.74 Å². The lowest BCUT2D eigenvalue weighted by atomic mass is 10.1. The summed E-state index contributed by atoms with van der Waals surface area (Å²) in [6, 6.07) is 0.882. The van der Waals surface area contributed by atoms with E-state index in [2.05, 4.69) is 26.2 Å². The third-order valence-electron chi connectivity index (χ3n) is 3.18. The molecule has 0 aliphatic carbocycles. The average Bonchev–Trinajstić information content (AvgIpc) is 2.20. The average molecular weight is 216 g/mol. The second kappa shape index (κ2) is 7.20. The number of ether oxygens (including phenoxy) is 1. The molecule has 1 heterocycles. The fourth-order valence-corrected chi connectivity index (χ4v) is 2.12. The maximum atomic E-state index is 5.52. The normalized spacial score (nSPS) is 27.2. The fourth-order valence-electron chi connectivity index (χ4n) is 2.12. The van der Waals surface area contributed by atoms with Gasteiger partial charge in [0.05, 0.1) is 45.4 Å². The maximum absolute atomic E-state index is 5.52. The summed E-state index contributed by atoms with van der Waals surface area (Å²) in [5.41, 5.74) is 0. The van der Waals surface area contributed by atoms with Gasteiger partial charge in [-0.2, -0.15) is 0 Å². The van der Waals surface area contributed by atoms with Crippen molar-refractivity contribution in [3.63, 3.8) is 0 Å². The van der Waals surface area contributed by atoms with Gasteiger partial charge in [-0.1, -0.05) is 0 Å². The first-order chi connectivity index (χ1) is 7.18. The standard InChI is InChI=1S/C12H26N2O/c1-11(2)15-10-4-7-13-12-5-8-14(3)9-6-12/h11-13H,4-10H2,1-3H3/p+2. The van der Waals surface area contributed by atoms with Crippen LogP contribution in [0.4, 0.5) is 0 Å². The maximum Gasteiger partial charge on any atom is 0.0967 e. The molecule has 15 heavy (non-hydrogen) atoms. The highest BCUT2D eigenvalue weighted by atomic mass is 16.5. The van der Waals surface area contributed by atoms with E-state index in [1.54, 1.807) is 4.90 Å². The molecule has 0 aromatic rings. The van der Waals surface area contributed by atoms with Crippen molar-refractivity contribution < 1.29 is 15.0 Å². The van der Waals surface area contributed by atoms with E-state index in [1.807, 2.05) is 0 Å². The Bertz CT molecular complexity index is 154. The second-order valence-electron chi connectivity index (χ2n) is 5.09. The quantitative estimate of drug-likeness (QED) is 0.551. The van der Waals surface area contributed by atoms with E-state index in [9.17, 15) is 0 Å². The predicted molar refractivity (Wildman–Crippen MR) is 62.1 cm³/mol. The summed E-state index contributed by atoms with van der Waals surface area (Å²) < 4.78 is 5.52. The lowest BCUT2D eigenvalue weighted by Gasteiger charge is -2.24. The van der Waals surface area contributed by atoms with Crippen LogP contribution in [0.15, 0.2) is 0 Å². The molecule has 0 spiro atoms. The van der Waals surface area contributed by atoms with Crippen molar-refractivity contribution >= 4 is 0 Å². The van der Waals surface area contributed by atoms with E-state index >= 15 is 0 Å². The Morgan fingerprint density at radius 2 is 2.00 bits per heavy atom. The van der Waals surface area contributed by atoms with Crippen LogP contribution >= 0.6 is 0 Å². The zero-order chi connectivity index (χ0) is 11.1. The summed E-state index contributed by atoms with van der Waals surface area (Å²) in [5, 5.41) is 2.52. The molecule has 0 aromatic heterocycles. The first kappa shape index (κ1) is 12.9. The molecule has 1 saturated heterocycles. The number of nitrogens with two attached hydrogens (primary N) is 1. The molecule has 0 atom stereocenters.